The first kappa shape index (κ1) is 23.6. The molecule has 2 aliphatic heterocycles. The maximum Gasteiger partial charge on any atom is 0.338 e. The number of anilines is 1. The number of carbonyl (C=O) groups excluding carboxylic acids is 2. The van der Waals surface area contributed by atoms with Gasteiger partial charge in [-0.3, -0.25) is 4.90 Å². The van der Waals surface area contributed by atoms with Crippen molar-refractivity contribution in [3.05, 3.63) is 71.2 Å². The number of hydrogen-bond donors (Lipinski definition) is 2. The maximum atomic E-state index is 14.2. The Morgan fingerprint density at radius 2 is 1.88 bits per heavy atom. The molecule has 0 radical (unpaired) electrons. The van der Waals surface area contributed by atoms with Crippen LogP contribution >= 0.6 is 0 Å². The molecule has 1 atom stereocenters. The van der Waals surface area contributed by atoms with Crippen LogP contribution in [-0.2, 0) is 9.53 Å². The van der Waals surface area contributed by atoms with Gasteiger partial charge in [-0.25, -0.2) is 14.0 Å². The highest BCUT2D eigenvalue weighted by Crippen LogP contribution is 2.30. The van der Waals surface area contributed by atoms with E-state index >= 15 is 0 Å². The highest BCUT2D eigenvalue weighted by atomic mass is 19.1. The minimum atomic E-state index is -0.669. The minimum Gasteiger partial charge on any atom is -0.497 e. The smallest absolute Gasteiger partial charge is 0.338 e. The predicted molar refractivity (Wildman–Crippen MR) is 126 cm³/mol. The van der Waals surface area contributed by atoms with Crippen LogP contribution in [0.1, 0.15) is 18.5 Å². The first-order valence-electron chi connectivity index (χ1n) is 11.3. The van der Waals surface area contributed by atoms with Crippen molar-refractivity contribution in [2.45, 2.75) is 13.0 Å². The number of hydrogen-bond acceptors (Lipinski definition) is 6. The summed E-state index contributed by atoms with van der Waals surface area (Å²) in [5, 5.41) is 5.66. The molecule has 180 valence electrons. The number of amides is 2. The third-order valence-corrected chi connectivity index (χ3v) is 6.02. The summed E-state index contributed by atoms with van der Waals surface area (Å²) in [6.07, 6.45) is 0. The first-order valence-corrected chi connectivity index (χ1v) is 11.3. The molecule has 34 heavy (non-hydrogen) atoms. The Morgan fingerprint density at radius 1 is 1.12 bits per heavy atom. The number of benzene rings is 2. The van der Waals surface area contributed by atoms with Gasteiger partial charge in [-0.2, -0.15) is 0 Å². The van der Waals surface area contributed by atoms with E-state index in [4.69, 9.17) is 9.47 Å². The van der Waals surface area contributed by atoms with E-state index in [0.29, 0.717) is 55.4 Å². The highest BCUT2D eigenvalue weighted by molar-refractivity contribution is 5.95. The van der Waals surface area contributed by atoms with Crippen LogP contribution in [-0.4, -0.2) is 63.3 Å². The molecule has 2 amide bonds. The highest BCUT2D eigenvalue weighted by Gasteiger charge is 2.35. The zero-order chi connectivity index (χ0) is 24.1. The standard InChI is InChI=1S/C25H29FN4O4/c1-3-34-24(31)22-20(27-25(32)28-23(22)17-7-6-8-18(15-17)33-2)16-29-11-13-30(14-12-29)21-10-5-4-9-19(21)26/h4-10,15,23H,3,11-14,16H2,1-2H3,(H2,27,28,32)/t23-/m0/s1. The molecule has 0 unspecified atom stereocenters. The van der Waals surface area contributed by atoms with E-state index in [2.05, 4.69) is 15.5 Å². The number of carbonyl (C=O) groups is 2. The quantitative estimate of drug-likeness (QED) is 0.608. The maximum absolute atomic E-state index is 14.2. The number of nitrogens with zero attached hydrogens (tertiary/aromatic N) is 2. The van der Waals surface area contributed by atoms with Crippen molar-refractivity contribution in [2.24, 2.45) is 0 Å². The Morgan fingerprint density at radius 3 is 2.59 bits per heavy atom. The van der Waals surface area contributed by atoms with Gasteiger partial charge in [0.2, 0.25) is 0 Å². The molecule has 4 rings (SSSR count). The van der Waals surface area contributed by atoms with E-state index in [1.54, 1.807) is 38.3 Å². The minimum absolute atomic E-state index is 0.218. The zero-order valence-corrected chi connectivity index (χ0v) is 19.3. The van der Waals surface area contributed by atoms with Gasteiger partial charge in [-0.15, -0.1) is 0 Å². The molecule has 2 heterocycles. The average Bonchev–Trinajstić information content (AvgIpc) is 2.85. The lowest BCUT2D eigenvalue weighted by molar-refractivity contribution is -0.139. The second-order valence-corrected chi connectivity index (χ2v) is 8.14. The number of ether oxygens (including phenoxy) is 2. The van der Waals surface area contributed by atoms with Crippen molar-refractivity contribution in [3.63, 3.8) is 0 Å². The molecule has 0 spiro atoms. The molecule has 0 aliphatic carbocycles. The van der Waals surface area contributed by atoms with Gasteiger partial charge in [-0.1, -0.05) is 24.3 Å². The van der Waals surface area contributed by atoms with Crippen LogP contribution in [0, 0.1) is 5.82 Å². The Kier molecular flexibility index (Phi) is 7.32. The first-order chi connectivity index (χ1) is 16.5. The van der Waals surface area contributed by atoms with Crippen molar-refractivity contribution in [2.75, 3.05) is 51.3 Å². The Hall–Kier alpha value is -3.59. The van der Waals surface area contributed by atoms with E-state index in [1.165, 1.54) is 6.07 Å². The average molecular weight is 469 g/mol. The molecular formula is C25H29FN4O4. The van der Waals surface area contributed by atoms with E-state index in [-0.39, 0.29) is 18.5 Å². The largest absolute Gasteiger partial charge is 0.497 e. The number of para-hydroxylation sites is 1. The lowest BCUT2D eigenvalue weighted by Crippen LogP contribution is -2.52. The van der Waals surface area contributed by atoms with Crippen LogP contribution in [0.2, 0.25) is 0 Å². The number of piperazine rings is 1. The molecule has 1 saturated heterocycles. The summed E-state index contributed by atoms with van der Waals surface area (Å²) >= 11 is 0. The van der Waals surface area contributed by atoms with Gasteiger partial charge < -0.3 is 25.0 Å². The van der Waals surface area contributed by atoms with E-state index in [0.717, 1.165) is 5.56 Å². The molecule has 0 aromatic heterocycles. The Bertz CT molecular complexity index is 1080. The SMILES string of the molecule is CCOC(=O)C1=C(CN2CCN(c3ccccc3F)CC2)NC(=O)N[C@H]1c1cccc(OC)c1. The summed E-state index contributed by atoms with van der Waals surface area (Å²) in [7, 11) is 1.56. The molecule has 0 bridgehead atoms. The Labute approximate surface area is 198 Å². The normalized spacial score (nSPS) is 18.9. The van der Waals surface area contributed by atoms with Gasteiger partial charge in [0.15, 0.2) is 0 Å². The molecule has 2 aromatic rings. The van der Waals surface area contributed by atoms with Gasteiger partial charge in [0.1, 0.15) is 11.6 Å². The number of nitrogens with one attached hydrogen (secondary N) is 2. The van der Waals surface area contributed by atoms with Crippen LogP contribution in [0.25, 0.3) is 0 Å². The Balaban J connectivity index is 1.57. The molecule has 2 aromatic carbocycles. The van der Waals surface area contributed by atoms with Crippen molar-refractivity contribution < 1.29 is 23.5 Å². The van der Waals surface area contributed by atoms with Crippen molar-refractivity contribution in [1.29, 1.82) is 0 Å². The fourth-order valence-corrected chi connectivity index (χ4v) is 4.34. The molecule has 1 fully saturated rings. The number of halogens is 1. The zero-order valence-electron chi connectivity index (χ0n) is 19.3. The van der Waals surface area contributed by atoms with E-state index in [9.17, 15) is 14.0 Å². The molecular weight excluding hydrogens is 439 g/mol. The van der Waals surface area contributed by atoms with Gasteiger partial charge in [0.25, 0.3) is 0 Å². The van der Waals surface area contributed by atoms with Crippen LogP contribution in [0.5, 0.6) is 5.75 Å². The number of rotatable bonds is 7. The van der Waals surface area contributed by atoms with Gasteiger partial charge in [0, 0.05) is 38.4 Å². The fourth-order valence-electron chi connectivity index (χ4n) is 4.34. The lowest BCUT2D eigenvalue weighted by atomic mass is 9.94. The summed E-state index contributed by atoms with van der Waals surface area (Å²) in [6, 6.07) is 12.9. The summed E-state index contributed by atoms with van der Waals surface area (Å²) in [6.45, 7) is 4.91. The monoisotopic (exact) mass is 468 g/mol. The topological polar surface area (TPSA) is 83.1 Å². The van der Waals surface area contributed by atoms with Gasteiger partial charge >= 0.3 is 12.0 Å². The molecule has 0 saturated carbocycles. The predicted octanol–water partition coefficient (Wildman–Crippen LogP) is 2.83. The van der Waals surface area contributed by atoms with E-state index < -0.39 is 12.0 Å². The third-order valence-electron chi connectivity index (χ3n) is 6.02. The van der Waals surface area contributed by atoms with Crippen LogP contribution < -0.4 is 20.3 Å². The summed E-state index contributed by atoms with van der Waals surface area (Å²) < 4.78 is 24.8. The fraction of sp³-hybridized carbons (Fsp3) is 0.360. The van der Waals surface area contributed by atoms with Crippen LogP contribution in [0.3, 0.4) is 0 Å². The van der Waals surface area contributed by atoms with Crippen molar-refractivity contribution >= 4 is 17.7 Å². The number of urea groups is 1. The van der Waals surface area contributed by atoms with Crippen molar-refractivity contribution in [3.8, 4) is 5.75 Å². The van der Waals surface area contributed by atoms with Crippen molar-refractivity contribution in [1.82, 2.24) is 15.5 Å². The molecule has 2 aliphatic rings. The summed E-state index contributed by atoms with van der Waals surface area (Å²) in [5.74, 6) is -0.0999. The molecule has 2 N–H and O–H groups in total. The third kappa shape index (κ3) is 5.14. The van der Waals surface area contributed by atoms with Crippen LogP contribution in [0.4, 0.5) is 14.9 Å². The van der Waals surface area contributed by atoms with Crippen LogP contribution in [0.15, 0.2) is 59.8 Å². The number of methoxy groups -OCH3 is 1. The lowest BCUT2D eigenvalue weighted by Gasteiger charge is -2.38. The van der Waals surface area contributed by atoms with E-state index in [1.807, 2.05) is 23.1 Å². The number of esters is 1. The molecule has 8 nitrogen and oxygen atoms in total. The van der Waals surface area contributed by atoms with Gasteiger partial charge in [-0.05, 0) is 36.8 Å². The van der Waals surface area contributed by atoms with Gasteiger partial charge in [0.05, 0.1) is 31.0 Å². The molecule has 9 heteroatoms. The second-order valence-electron chi connectivity index (χ2n) is 8.14. The summed E-state index contributed by atoms with van der Waals surface area (Å²) in [5.41, 5.74) is 2.18. The summed E-state index contributed by atoms with van der Waals surface area (Å²) in [4.78, 5) is 29.7. The second kappa shape index (κ2) is 10.6.